The maximum atomic E-state index is 12.7. The summed E-state index contributed by atoms with van der Waals surface area (Å²) < 4.78 is 1.38. The lowest BCUT2D eigenvalue weighted by Gasteiger charge is -2.13. The molecule has 0 aliphatic carbocycles. The van der Waals surface area contributed by atoms with Gasteiger partial charge in [0.15, 0.2) is 5.82 Å². The van der Waals surface area contributed by atoms with Gasteiger partial charge in [0.1, 0.15) is 11.3 Å². The number of benzene rings is 1. The number of aromatic nitrogens is 3. The van der Waals surface area contributed by atoms with Gasteiger partial charge in [0, 0.05) is 24.3 Å². The van der Waals surface area contributed by atoms with Crippen LogP contribution in [0.1, 0.15) is 10.4 Å². The first-order valence-electron chi connectivity index (χ1n) is 7.16. The highest BCUT2D eigenvalue weighted by Crippen LogP contribution is 2.26. The Labute approximate surface area is 136 Å². The summed E-state index contributed by atoms with van der Waals surface area (Å²) in [5, 5.41) is 13.3. The molecule has 7 heteroatoms. The average Bonchev–Trinajstić information content (AvgIpc) is 2.59. The Balaban J connectivity index is 2.18. The molecule has 2 aromatic heterocycles. The molecule has 0 saturated heterocycles. The number of pyridine rings is 1. The zero-order valence-electron chi connectivity index (χ0n) is 12.6. The summed E-state index contributed by atoms with van der Waals surface area (Å²) in [5.41, 5.74) is -0.426. The number of amides is 1. The largest absolute Gasteiger partial charge is 0.506 e. The Kier molecular flexibility index (Phi) is 4.07. The standard InChI is InChI=1S/C17H14N4O3/c1-2-9-21-12-6-4-3-5-11(12)15(22)14(17(21)24)16(23)20-13-10-18-7-8-19-13/h2-8,10,22H,1,9H2,(H,19,20,23). The molecule has 0 spiro atoms. The molecule has 0 bridgehead atoms. The van der Waals surface area contributed by atoms with Gasteiger partial charge in [-0.25, -0.2) is 4.98 Å². The van der Waals surface area contributed by atoms with Crippen molar-refractivity contribution in [3.8, 4) is 5.75 Å². The third kappa shape index (κ3) is 2.63. The van der Waals surface area contributed by atoms with E-state index in [1.807, 2.05) is 0 Å². The van der Waals surface area contributed by atoms with Gasteiger partial charge in [0.05, 0.1) is 11.7 Å². The molecular weight excluding hydrogens is 308 g/mol. The Hall–Kier alpha value is -3.48. The third-order valence-corrected chi connectivity index (χ3v) is 3.49. The quantitative estimate of drug-likeness (QED) is 0.715. The lowest BCUT2D eigenvalue weighted by atomic mass is 10.1. The number of hydrogen-bond donors (Lipinski definition) is 2. The summed E-state index contributed by atoms with van der Waals surface area (Å²) in [5.74, 6) is -0.927. The molecule has 1 aromatic carbocycles. The van der Waals surface area contributed by atoms with Gasteiger partial charge in [0.25, 0.3) is 11.5 Å². The van der Waals surface area contributed by atoms with Crippen LogP contribution in [0.3, 0.4) is 0 Å². The van der Waals surface area contributed by atoms with E-state index in [2.05, 4.69) is 21.9 Å². The second-order valence-electron chi connectivity index (χ2n) is 4.99. The van der Waals surface area contributed by atoms with E-state index < -0.39 is 11.5 Å². The zero-order chi connectivity index (χ0) is 17.1. The Morgan fingerprint density at radius 2 is 2.12 bits per heavy atom. The summed E-state index contributed by atoms with van der Waals surface area (Å²) in [7, 11) is 0. The molecule has 1 amide bonds. The van der Waals surface area contributed by atoms with Crippen molar-refractivity contribution in [1.82, 2.24) is 14.5 Å². The molecular formula is C17H14N4O3. The van der Waals surface area contributed by atoms with Gasteiger partial charge in [0.2, 0.25) is 0 Å². The highest BCUT2D eigenvalue weighted by molar-refractivity contribution is 6.08. The molecule has 120 valence electrons. The summed E-state index contributed by atoms with van der Waals surface area (Å²) in [4.78, 5) is 32.9. The van der Waals surface area contributed by atoms with Gasteiger partial charge < -0.3 is 15.0 Å². The average molecular weight is 322 g/mol. The minimum absolute atomic E-state index is 0.185. The molecule has 7 nitrogen and oxygen atoms in total. The van der Waals surface area contributed by atoms with Crippen LogP contribution in [0.15, 0.2) is 60.3 Å². The van der Waals surface area contributed by atoms with Crippen molar-refractivity contribution >= 4 is 22.6 Å². The minimum atomic E-state index is -0.749. The number of fused-ring (bicyclic) bond motifs is 1. The van der Waals surface area contributed by atoms with Gasteiger partial charge in [-0.1, -0.05) is 18.2 Å². The van der Waals surface area contributed by atoms with Crippen LogP contribution in [-0.4, -0.2) is 25.5 Å². The number of nitrogens with zero attached hydrogens (tertiary/aromatic N) is 3. The summed E-state index contributed by atoms with van der Waals surface area (Å²) in [6.45, 7) is 3.84. The topological polar surface area (TPSA) is 97.1 Å². The van der Waals surface area contributed by atoms with Crippen LogP contribution in [0, 0.1) is 0 Å². The second-order valence-corrected chi connectivity index (χ2v) is 4.99. The number of carbonyl (C=O) groups is 1. The van der Waals surface area contributed by atoms with E-state index in [0.29, 0.717) is 10.9 Å². The number of aromatic hydroxyl groups is 1. The second kappa shape index (κ2) is 6.33. The van der Waals surface area contributed by atoms with Crippen molar-refractivity contribution in [2.24, 2.45) is 0 Å². The molecule has 3 rings (SSSR count). The molecule has 0 unspecified atom stereocenters. The van der Waals surface area contributed by atoms with Crippen molar-refractivity contribution in [3.63, 3.8) is 0 Å². The highest BCUT2D eigenvalue weighted by atomic mass is 16.3. The number of anilines is 1. The van der Waals surface area contributed by atoms with Crippen LogP contribution in [0.4, 0.5) is 5.82 Å². The van der Waals surface area contributed by atoms with Crippen LogP contribution < -0.4 is 10.9 Å². The van der Waals surface area contributed by atoms with E-state index in [9.17, 15) is 14.7 Å². The minimum Gasteiger partial charge on any atom is -0.506 e. The first-order chi connectivity index (χ1) is 11.6. The van der Waals surface area contributed by atoms with E-state index in [4.69, 9.17) is 0 Å². The fourth-order valence-corrected chi connectivity index (χ4v) is 2.45. The number of rotatable bonds is 4. The number of para-hydroxylation sites is 1. The lowest BCUT2D eigenvalue weighted by Crippen LogP contribution is -2.29. The normalized spacial score (nSPS) is 10.5. The van der Waals surface area contributed by atoms with Crippen molar-refractivity contribution in [2.75, 3.05) is 5.32 Å². The van der Waals surface area contributed by atoms with Crippen LogP contribution >= 0.6 is 0 Å². The van der Waals surface area contributed by atoms with Crippen molar-refractivity contribution < 1.29 is 9.90 Å². The summed E-state index contributed by atoms with van der Waals surface area (Å²) in [6.07, 6.45) is 5.76. The van der Waals surface area contributed by atoms with E-state index in [-0.39, 0.29) is 23.7 Å². The molecule has 3 aromatic rings. The monoisotopic (exact) mass is 322 g/mol. The number of carbonyl (C=O) groups excluding carboxylic acids is 1. The summed E-state index contributed by atoms with van der Waals surface area (Å²) in [6, 6.07) is 6.81. The smallest absolute Gasteiger partial charge is 0.268 e. The van der Waals surface area contributed by atoms with Gasteiger partial charge >= 0.3 is 0 Å². The first kappa shape index (κ1) is 15.4. The molecule has 0 fully saturated rings. The fraction of sp³-hybridized carbons (Fsp3) is 0.0588. The molecule has 0 radical (unpaired) electrons. The highest BCUT2D eigenvalue weighted by Gasteiger charge is 2.22. The van der Waals surface area contributed by atoms with E-state index >= 15 is 0 Å². The molecule has 0 aliphatic heterocycles. The number of hydrogen-bond acceptors (Lipinski definition) is 5. The summed E-state index contributed by atoms with van der Waals surface area (Å²) >= 11 is 0. The maximum Gasteiger partial charge on any atom is 0.268 e. The van der Waals surface area contributed by atoms with Crippen LogP contribution in [0.5, 0.6) is 5.75 Å². The number of allylic oxidation sites excluding steroid dienone is 1. The molecule has 0 aliphatic rings. The molecule has 24 heavy (non-hydrogen) atoms. The predicted octanol–water partition coefficient (Wildman–Crippen LogP) is 1.94. The van der Waals surface area contributed by atoms with Gasteiger partial charge in [-0.2, -0.15) is 0 Å². The Bertz CT molecular complexity index is 980. The SMILES string of the molecule is C=CCn1c(=O)c(C(=O)Nc2cnccn2)c(O)c2ccccc21. The van der Waals surface area contributed by atoms with Gasteiger partial charge in [-0.05, 0) is 12.1 Å². The third-order valence-electron chi connectivity index (χ3n) is 3.49. The fourth-order valence-electron chi connectivity index (χ4n) is 2.45. The van der Waals surface area contributed by atoms with Crippen LogP contribution in [0.25, 0.3) is 10.9 Å². The van der Waals surface area contributed by atoms with Crippen molar-refractivity contribution in [3.05, 3.63) is 71.4 Å². The predicted molar refractivity (Wildman–Crippen MR) is 90.1 cm³/mol. The lowest BCUT2D eigenvalue weighted by molar-refractivity contribution is 0.102. The molecule has 2 heterocycles. The van der Waals surface area contributed by atoms with Gasteiger partial charge in [-0.3, -0.25) is 14.6 Å². The first-order valence-corrected chi connectivity index (χ1v) is 7.16. The van der Waals surface area contributed by atoms with Crippen molar-refractivity contribution in [1.29, 1.82) is 0 Å². The van der Waals surface area contributed by atoms with E-state index in [1.165, 1.54) is 23.2 Å². The molecule has 0 saturated carbocycles. The van der Waals surface area contributed by atoms with Gasteiger partial charge in [-0.15, -0.1) is 6.58 Å². The number of nitrogens with one attached hydrogen (secondary N) is 1. The van der Waals surface area contributed by atoms with Crippen LogP contribution in [-0.2, 0) is 6.54 Å². The Morgan fingerprint density at radius 1 is 1.33 bits per heavy atom. The molecule has 0 atom stereocenters. The van der Waals surface area contributed by atoms with E-state index in [0.717, 1.165) is 0 Å². The zero-order valence-corrected chi connectivity index (χ0v) is 12.6. The maximum absolute atomic E-state index is 12.7. The van der Waals surface area contributed by atoms with E-state index in [1.54, 1.807) is 30.3 Å². The Morgan fingerprint density at radius 3 is 2.83 bits per heavy atom. The molecule has 2 N–H and O–H groups in total. The van der Waals surface area contributed by atoms with Crippen LogP contribution in [0.2, 0.25) is 0 Å². The van der Waals surface area contributed by atoms with Crippen molar-refractivity contribution in [2.45, 2.75) is 6.54 Å².